The monoisotopic (exact) mass is 429 g/mol. The predicted octanol–water partition coefficient (Wildman–Crippen LogP) is 3.92. The van der Waals surface area contributed by atoms with E-state index in [-0.39, 0.29) is 11.8 Å². The lowest BCUT2D eigenvalue weighted by Gasteiger charge is -2.28. The van der Waals surface area contributed by atoms with Gasteiger partial charge in [-0.2, -0.15) is 0 Å². The van der Waals surface area contributed by atoms with E-state index in [1.807, 2.05) is 49.4 Å². The second-order valence-corrected chi connectivity index (χ2v) is 7.80. The van der Waals surface area contributed by atoms with Gasteiger partial charge in [0.2, 0.25) is 5.91 Å². The van der Waals surface area contributed by atoms with Gasteiger partial charge in [-0.15, -0.1) is 0 Å². The minimum Gasteiger partial charge on any atom is -0.494 e. The van der Waals surface area contributed by atoms with Crippen molar-refractivity contribution < 1.29 is 19.2 Å². The summed E-state index contributed by atoms with van der Waals surface area (Å²) in [5.74, 6) is -0.624. The standard InChI is InChI=1S/C25H23N3O4/c1-2-15-31-20-12-10-18(11-13-20)27-24(29)21-22(17-7-6-14-26-16-17)28(32-23(21)25(27)30)19-8-4-3-5-9-19/h3-14,16,21-23H,2,15H2,1H3/t21-,22+,23+/m0/s1. The van der Waals surface area contributed by atoms with Gasteiger partial charge >= 0.3 is 0 Å². The van der Waals surface area contributed by atoms with Crippen molar-refractivity contribution in [3.63, 3.8) is 0 Å². The van der Waals surface area contributed by atoms with Crippen molar-refractivity contribution in [1.29, 1.82) is 0 Å². The van der Waals surface area contributed by atoms with Crippen LogP contribution in [0.25, 0.3) is 0 Å². The number of carbonyl (C=O) groups is 2. The van der Waals surface area contributed by atoms with Crippen molar-refractivity contribution in [2.24, 2.45) is 5.92 Å². The molecule has 2 aliphatic heterocycles. The van der Waals surface area contributed by atoms with Crippen molar-refractivity contribution in [1.82, 2.24) is 4.98 Å². The molecule has 0 radical (unpaired) electrons. The second kappa shape index (κ2) is 8.43. The van der Waals surface area contributed by atoms with Crippen molar-refractivity contribution in [2.75, 3.05) is 16.6 Å². The molecule has 2 aromatic carbocycles. The lowest BCUT2D eigenvalue weighted by molar-refractivity contribution is -0.126. The summed E-state index contributed by atoms with van der Waals surface area (Å²) in [4.78, 5) is 38.4. The average molecular weight is 429 g/mol. The van der Waals surface area contributed by atoms with Crippen LogP contribution >= 0.6 is 0 Å². The van der Waals surface area contributed by atoms with Crippen LogP contribution in [-0.2, 0) is 14.4 Å². The molecule has 3 heterocycles. The van der Waals surface area contributed by atoms with E-state index in [4.69, 9.17) is 9.57 Å². The number of ether oxygens (including phenoxy) is 1. The zero-order valence-electron chi connectivity index (χ0n) is 17.6. The quantitative estimate of drug-likeness (QED) is 0.553. The van der Waals surface area contributed by atoms with Gasteiger partial charge in [0, 0.05) is 12.4 Å². The molecule has 0 N–H and O–H groups in total. The van der Waals surface area contributed by atoms with E-state index in [0.717, 1.165) is 17.7 Å². The van der Waals surface area contributed by atoms with Gasteiger partial charge < -0.3 is 4.74 Å². The SMILES string of the molecule is CCCOc1ccc(N2C(=O)[C@H]3[C@@H](c4cccnc4)N(c4ccccc4)O[C@H]3C2=O)cc1. The van der Waals surface area contributed by atoms with Gasteiger partial charge in [0.05, 0.1) is 24.0 Å². The number of fused-ring (bicyclic) bond motifs is 1. The number of rotatable bonds is 6. The third kappa shape index (κ3) is 3.40. The summed E-state index contributed by atoms with van der Waals surface area (Å²) in [6, 6.07) is 19.8. The van der Waals surface area contributed by atoms with Crippen LogP contribution in [0.15, 0.2) is 79.1 Å². The van der Waals surface area contributed by atoms with Gasteiger partial charge in [-0.3, -0.25) is 19.4 Å². The smallest absolute Gasteiger partial charge is 0.266 e. The van der Waals surface area contributed by atoms with Gasteiger partial charge in [0.1, 0.15) is 11.7 Å². The molecule has 0 spiro atoms. The van der Waals surface area contributed by atoms with Gasteiger partial charge in [0.25, 0.3) is 5.91 Å². The summed E-state index contributed by atoms with van der Waals surface area (Å²) in [6.45, 7) is 2.65. The van der Waals surface area contributed by atoms with Crippen molar-refractivity contribution >= 4 is 23.2 Å². The summed E-state index contributed by atoms with van der Waals surface area (Å²) in [5.41, 5.74) is 2.11. The highest BCUT2D eigenvalue weighted by molar-refractivity contribution is 6.23. The number of carbonyl (C=O) groups excluding carboxylic acids is 2. The zero-order valence-corrected chi connectivity index (χ0v) is 17.6. The first-order valence-corrected chi connectivity index (χ1v) is 10.7. The number of nitrogens with zero attached hydrogens (tertiary/aromatic N) is 3. The molecule has 1 aromatic heterocycles. The molecule has 2 fully saturated rings. The highest BCUT2D eigenvalue weighted by Crippen LogP contribution is 2.47. The Morgan fingerprint density at radius 3 is 2.41 bits per heavy atom. The van der Waals surface area contributed by atoms with E-state index in [2.05, 4.69) is 4.98 Å². The van der Waals surface area contributed by atoms with E-state index in [0.29, 0.717) is 18.0 Å². The topological polar surface area (TPSA) is 72.0 Å². The lowest BCUT2D eigenvalue weighted by Crippen LogP contribution is -2.37. The molecule has 2 amide bonds. The minimum atomic E-state index is -0.899. The largest absolute Gasteiger partial charge is 0.494 e. The molecule has 32 heavy (non-hydrogen) atoms. The third-order valence-corrected chi connectivity index (χ3v) is 5.72. The molecular formula is C25H23N3O4. The van der Waals surface area contributed by atoms with Crippen LogP contribution in [-0.4, -0.2) is 29.5 Å². The fourth-order valence-corrected chi connectivity index (χ4v) is 4.27. The van der Waals surface area contributed by atoms with Crippen molar-refractivity contribution in [3.05, 3.63) is 84.7 Å². The number of para-hydroxylation sites is 1. The van der Waals surface area contributed by atoms with Crippen LogP contribution in [0.1, 0.15) is 24.9 Å². The highest BCUT2D eigenvalue weighted by atomic mass is 16.7. The third-order valence-electron chi connectivity index (χ3n) is 5.72. The number of imide groups is 1. The Bertz CT molecular complexity index is 1110. The maximum absolute atomic E-state index is 13.6. The number of amides is 2. The first-order chi connectivity index (χ1) is 15.7. The summed E-state index contributed by atoms with van der Waals surface area (Å²) in [5, 5.41) is 1.67. The molecule has 3 aromatic rings. The van der Waals surface area contributed by atoms with Crippen LogP contribution < -0.4 is 14.7 Å². The molecular weight excluding hydrogens is 406 g/mol. The fraction of sp³-hybridized carbons (Fsp3) is 0.240. The van der Waals surface area contributed by atoms with Gasteiger partial charge in [-0.25, -0.2) is 9.96 Å². The number of pyridine rings is 1. The van der Waals surface area contributed by atoms with Crippen LogP contribution in [0.2, 0.25) is 0 Å². The Balaban J connectivity index is 1.49. The van der Waals surface area contributed by atoms with E-state index in [1.165, 1.54) is 4.90 Å². The number of anilines is 2. The zero-order chi connectivity index (χ0) is 22.1. The number of aromatic nitrogens is 1. The molecule has 162 valence electrons. The Morgan fingerprint density at radius 2 is 1.72 bits per heavy atom. The molecule has 7 nitrogen and oxygen atoms in total. The molecule has 0 bridgehead atoms. The van der Waals surface area contributed by atoms with E-state index < -0.39 is 18.1 Å². The van der Waals surface area contributed by atoms with Crippen LogP contribution in [0.5, 0.6) is 5.75 Å². The normalized spacial score (nSPS) is 22.3. The molecule has 5 rings (SSSR count). The van der Waals surface area contributed by atoms with Gasteiger partial charge in [-0.05, 0) is 54.4 Å². The molecule has 0 saturated carbocycles. The van der Waals surface area contributed by atoms with Crippen LogP contribution in [0.3, 0.4) is 0 Å². The number of hydroxylamine groups is 1. The Labute approximate surface area is 186 Å². The minimum absolute atomic E-state index is 0.283. The van der Waals surface area contributed by atoms with E-state index in [1.54, 1.807) is 41.7 Å². The first-order valence-electron chi connectivity index (χ1n) is 10.7. The molecule has 2 aliphatic rings. The predicted molar refractivity (Wildman–Crippen MR) is 119 cm³/mol. The molecule has 0 aliphatic carbocycles. The van der Waals surface area contributed by atoms with E-state index >= 15 is 0 Å². The summed E-state index contributed by atoms with van der Waals surface area (Å²) in [6.07, 6.45) is 3.40. The first kappa shape index (κ1) is 20.2. The number of benzene rings is 2. The maximum atomic E-state index is 13.6. The number of hydrogen-bond donors (Lipinski definition) is 0. The molecule has 7 heteroatoms. The van der Waals surface area contributed by atoms with E-state index in [9.17, 15) is 9.59 Å². The van der Waals surface area contributed by atoms with Crippen LogP contribution in [0, 0.1) is 5.92 Å². The number of hydrogen-bond acceptors (Lipinski definition) is 6. The van der Waals surface area contributed by atoms with Crippen molar-refractivity contribution in [2.45, 2.75) is 25.5 Å². The summed E-state index contributed by atoms with van der Waals surface area (Å²) >= 11 is 0. The second-order valence-electron chi connectivity index (χ2n) is 7.80. The van der Waals surface area contributed by atoms with Crippen LogP contribution in [0.4, 0.5) is 11.4 Å². The molecule has 2 saturated heterocycles. The Kier molecular flexibility index (Phi) is 5.33. The fourth-order valence-electron chi connectivity index (χ4n) is 4.27. The highest BCUT2D eigenvalue weighted by Gasteiger charge is 2.60. The maximum Gasteiger partial charge on any atom is 0.266 e. The lowest BCUT2D eigenvalue weighted by atomic mass is 9.91. The Morgan fingerprint density at radius 1 is 0.938 bits per heavy atom. The summed E-state index contributed by atoms with van der Waals surface area (Å²) < 4.78 is 5.61. The molecule has 0 unspecified atom stereocenters. The average Bonchev–Trinajstić information content (AvgIpc) is 3.35. The summed E-state index contributed by atoms with van der Waals surface area (Å²) in [7, 11) is 0. The van der Waals surface area contributed by atoms with Gasteiger partial charge in [0.15, 0.2) is 6.10 Å². The van der Waals surface area contributed by atoms with Crippen molar-refractivity contribution in [3.8, 4) is 5.75 Å². The Hall–Kier alpha value is -3.71. The molecule has 3 atom stereocenters. The van der Waals surface area contributed by atoms with Gasteiger partial charge in [-0.1, -0.05) is 31.2 Å².